The molecule has 0 radical (unpaired) electrons. The van der Waals surface area contributed by atoms with Gasteiger partial charge in [0.05, 0.1) is 12.3 Å². The van der Waals surface area contributed by atoms with Gasteiger partial charge in [0.15, 0.2) is 0 Å². The molecule has 0 fully saturated rings. The van der Waals surface area contributed by atoms with Crippen LogP contribution in [-0.4, -0.2) is 18.3 Å². The van der Waals surface area contributed by atoms with E-state index in [0.29, 0.717) is 18.7 Å². The van der Waals surface area contributed by atoms with Crippen molar-refractivity contribution in [2.24, 2.45) is 5.92 Å². The molecule has 1 atom stereocenters. The van der Waals surface area contributed by atoms with Gasteiger partial charge >= 0.3 is 5.97 Å². The van der Waals surface area contributed by atoms with E-state index < -0.39 is 5.92 Å². The van der Waals surface area contributed by atoms with Crippen molar-refractivity contribution in [3.8, 4) is 0 Å². The summed E-state index contributed by atoms with van der Waals surface area (Å²) in [5.74, 6) is -0.680. The Bertz CT molecular complexity index is 412. The number of carbonyl (C=O) groups is 1. The average Bonchev–Trinajstić information content (AvgIpc) is 2.57. The van der Waals surface area contributed by atoms with E-state index in [-0.39, 0.29) is 5.97 Å². The van der Waals surface area contributed by atoms with Crippen molar-refractivity contribution in [3.63, 3.8) is 0 Å². The lowest BCUT2D eigenvalue weighted by molar-refractivity contribution is -0.145. The lowest BCUT2D eigenvalue weighted by atomic mass is 10.1. The summed E-state index contributed by atoms with van der Waals surface area (Å²) in [5, 5.41) is 7.90. The molecular formula is C12H13NO2. The number of nitrogens with one attached hydrogen (secondary N) is 1. The Hall–Kier alpha value is -1.64. The third-order valence-electron chi connectivity index (χ3n) is 2.65. The molecule has 0 aliphatic heterocycles. The van der Waals surface area contributed by atoms with Gasteiger partial charge in [-0.15, -0.1) is 0 Å². The van der Waals surface area contributed by atoms with Crippen molar-refractivity contribution in [3.05, 3.63) is 35.4 Å². The second kappa shape index (κ2) is 3.85. The fraction of sp³-hybridized carbons (Fsp3) is 0.333. The standard InChI is InChI=1S/C12H13NO2/c1-2-15-12(14)10-7-8-5-3-4-6-9(8)11(10)13/h3-6,10,13H,2,7H2,1H3. The molecule has 2 rings (SSSR count). The van der Waals surface area contributed by atoms with Crippen LogP contribution in [0.4, 0.5) is 0 Å². The summed E-state index contributed by atoms with van der Waals surface area (Å²) in [6.45, 7) is 2.16. The van der Waals surface area contributed by atoms with E-state index in [4.69, 9.17) is 10.1 Å². The van der Waals surface area contributed by atoms with Crippen LogP contribution in [0.2, 0.25) is 0 Å². The minimum Gasteiger partial charge on any atom is -0.465 e. The fourth-order valence-electron chi connectivity index (χ4n) is 1.91. The Kier molecular flexibility index (Phi) is 2.54. The van der Waals surface area contributed by atoms with Crippen LogP contribution in [0.3, 0.4) is 0 Å². The maximum atomic E-state index is 11.6. The fourth-order valence-corrected chi connectivity index (χ4v) is 1.91. The molecule has 0 amide bonds. The van der Waals surface area contributed by atoms with Crippen molar-refractivity contribution in [1.29, 1.82) is 5.41 Å². The van der Waals surface area contributed by atoms with E-state index in [1.54, 1.807) is 6.92 Å². The van der Waals surface area contributed by atoms with E-state index in [1.165, 1.54) is 0 Å². The summed E-state index contributed by atoms with van der Waals surface area (Å²) in [4.78, 5) is 11.6. The molecule has 1 aromatic carbocycles. The first-order valence-corrected chi connectivity index (χ1v) is 5.07. The minimum absolute atomic E-state index is 0.279. The number of rotatable bonds is 2. The van der Waals surface area contributed by atoms with Crippen molar-refractivity contribution in [2.75, 3.05) is 6.61 Å². The highest BCUT2D eigenvalue weighted by molar-refractivity contribution is 6.13. The maximum absolute atomic E-state index is 11.6. The number of benzene rings is 1. The summed E-state index contributed by atoms with van der Waals surface area (Å²) < 4.78 is 4.95. The highest BCUT2D eigenvalue weighted by atomic mass is 16.5. The Labute approximate surface area is 88.6 Å². The number of ether oxygens (including phenoxy) is 1. The van der Waals surface area contributed by atoms with Crippen LogP contribution in [0, 0.1) is 11.3 Å². The van der Waals surface area contributed by atoms with Gasteiger partial charge in [0.2, 0.25) is 0 Å². The molecule has 1 aromatic rings. The zero-order chi connectivity index (χ0) is 10.8. The molecule has 1 aliphatic carbocycles. The summed E-state index contributed by atoms with van der Waals surface area (Å²) in [5.41, 5.74) is 2.35. The van der Waals surface area contributed by atoms with Gasteiger partial charge in [-0.05, 0) is 24.5 Å². The first-order chi connectivity index (χ1) is 7.24. The zero-order valence-corrected chi connectivity index (χ0v) is 8.62. The lowest BCUT2D eigenvalue weighted by Gasteiger charge is -2.08. The van der Waals surface area contributed by atoms with Gasteiger partial charge in [0.25, 0.3) is 0 Å². The predicted octanol–water partition coefficient (Wildman–Crippen LogP) is 1.79. The topological polar surface area (TPSA) is 50.2 Å². The minimum atomic E-state index is -0.401. The molecule has 0 saturated heterocycles. The molecule has 1 N–H and O–H groups in total. The molecule has 78 valence electrons. The second-order valence-corrected chi connectivity index (χ2v) is 3.58. The Morgan fingerprint density at radius 2 is 2.27 bits per heavy atom. The molecule has 0 bridgehead atoms. The maximum Gasteiger partial charge on any atom is 0.315 e. The van der Waals surface area contributed by atoms with E-state index >= 15 is 0 Å². The first-order valence-electron chi connectivity index (χ1n) is 5.07. The Balaban J connectivity index is 2.24. The number of fused-ring (bicyclic) bond motifs is 1. The molecule has 1 aliphatic rings. The number of hydrogen-bond acceptors (Lipinski definition) is 3. The van der Waals surface area contributed by atoms with E-state index in [9.17, 15) is 4.79 Å². The number of carbonyl (C=O) groups excluding carboxylic acids is 1. The van der Waals surface area contributed by atoms with Gasteiger partial charge in [-0.25, -0.2) is 0 Å². The first kappa shape index (κ1) is 9.90. The van der Waals surface area contributed by atoms with E-state index in [0.717, 1.165) is 11.1 Å². The number of esters is 1. The van der Waals surface area contributed by atoms with Crippen LogP contribution >= 0.6 is 0 Å². The zero-order valence-electron chi connectivity index (χ0n) is 8.62. The Morgan fingerprint density at radius 3 is 2.93 bits per heavy atom. The van der Waals surface area contributed by atoms with Crippen LogP contribution in [0.1, 0.15) is 18.1 Å². The van der Waals surface area contributed by atoms with E-state index in [2.05, 4.69) is 0 Å². The van der Waals surface area contributed by atoms with Crippen molar-refractivity contribution in [2.45, 2.75) is 13.3 Å². The SMILES string of the molecule is CCOC(=O)C1Cc2ccccc2C1=N. The molecule has 15 heavy (non-hydrogen) atoms. The summed E-state index contributed by atoms with van der Waals surface area (Å²) in [6, 6.07) is 7.67. The molecule has 0 saturated carbocycles. The highest BCUT2D eigenvalue weighted by Gasteiger charge is 2.33. The van der Waals surface area contributed by atoms with Crippen molar-refractivity contribution < 1.29 is 9.53 Å². The highest BCUT2D eigenvalue weighted by Crippen LogP contribution is 2.27. The molecule has 0 aromatic heterocycles. The molecular weight excluding hydrogens is 190 g/mol. The molecule has 1 unspecified atom stereocenters. The Morgan fingerprint density at radius 1 is 1.53 bits per heavy atom. The monoisotopic (exact) mass is 203 g/mol. The summed E-state index contributed by atoms with van der Waals surface area (Å²) in [7, 11) is 0. The van der Waals surface area contributed by atoms with Gasteiger partial charge in [-0.2, -0.15) is 0 Å². The average molecular weight is 203 g/mol. The van der Waals surface area contributed by atoms with Crippen molar-refractivity contribution in [1.82, 2.24) is 0 Å². The third-order valence-corrected chi connectivity index (χ3v) is 2.65. The molecule has 3 nitrogen and oxygen atoms in total. The smallest absolute Gasteiger partial charge is 0.315 e. The molecule has 0 heterocycles. The van der Waals surface area contributed by atoms with Crippen LogP contribution in [0.15, 0.2) is 24.3 Å². The van der Waals surface area contributed by atoms with Crippen molar-refractivity contribution >= 4 is 11.7 Å². The molecule has 0 spiro atoms. The molecule has 3 heteroatoms. The predicted molar refractivity (Wildman–Crippen MR) is 57.1 cm³/mol. The van der Waals surface area contributed by atoms with Gasteiger partial charge < -0.3 is 10.1 Å². The second-order valence-electron chi connectivity index (χ2n) is 3.58. The van der Waals surface area contributed by atoms with Crippen LogP contribution in [-0.2, 0) is 16.0 Å². The van der Waals surface area contributed by atoms with Crippen LogP contribution in [0.5, 0.6) is 0 Å². The van der Waals surface area contributed by atoms with Gasteiger partial charge in [-0.1, -0.05) is 24.3 Å². The van der Waals surface area contributed by atoms with Gasteiger partial charge in [0, 0.05) is 0 Å². The van der Waals surface area contributed by atoms with E-state index in [1.807, 2.05) is 24.3 Å². The van der Waals surface area contributed by atoms with Crippen LogP contribution < -0.4 is 0 Å². The number of hydrogen-bond donors (Lipinski definition) is 1. The normalized spacial score (nSPS) is 18.7. The summed E-state index contributed by atoms with van der Waals surface area (Å²) >= 11 is 0. The van der Waals surface area contributed by atoms with Gasteiger partial charge in [-0.3, -0.25) is 4.79 Å². The largest absolute Gasteiger partial charge is 0.465 e. The quantitative estimate of drug-likeness (QED) is 0.745. The van der Waals surface area contributed by atoms with Crippen LogP contribution in [0.25, 0.3) is 0 Å². The van der Waals surface area contributed by atoms with Gasteiger partial charge in [0.1, 0.15) is 5.92 Å². The third kappa shape index (κ3) is 1.65. The lowest BCUT2D eigenvalue weighted by Crippen LogP contribution is -2.23. The summed E-state index contributed by atoms with van der Waals surface area (Å²) in [6.07, 6.45) is 0.605.